The van der Waals surface area contributed by atoms with E-state index in [1.54, 1.807) is 6.08 Å². The molecule has 0 unspecified atom stereocenters. The van der Waals surface area contributed by atoms with Gasteiger partial charge in [0.2, 0.25) is 0 Å². The fourth-order valence-corrected chi connectivity index (χ4v) is 2.40. The molecule has 0 amide bonds. The maximum absolute atomic E-state index is 8.70. The monoisotopic (exact) mass is 289 g/mol. The van der Waals surface area contributed by atoms with Crippen molar-refractivity contribution in [1.29, 1.82) is 0 Å². The average molecular weight is 289 g/mol. The highest BCUT2D eigenvalue weighted by atomic mass is 16.7. The van der Waals surface area contributed by atoms with Crippen LogP contribution >= 0.6 is 0 Å². The largest absolute Gasteiger partial charge is 0.352 e. The SMILES string of the molecule is CO[C@@H]1C=C(N=[N+]=[N-])[C@@H]2O[C@H](c3ccccc3)OC[C@H]2O1. The third-order valence-corrected chi connectivity index (χ3v) is 3.39. The summed E-state index contributed by atoms with van der Waals surface area (Å²) in [6, 6.07) is 9.59. The molecule has 0 bridgehead atoms. The number of hydrogen-bond donors (Lipinski definition) is 0. The van der Waals surface area contributed by atoms with Crippen LogP contribution in [0.25, 0.3) is 10.4 Å². The van der Waals surface area contributed by atoms with Crippen LogP contribution in [0.2, 0.25) is 0 Å². The molecular formula is C14H15N3O4. The van der Waals surface area contributed by atoms with Gasteiger partial charge >= 0.3 is 0 Å². The number of fused-ring (bicyclic) bond motifs is 1. The number of methoxy groups -OCH3 is 1. The van der Waals surface area contributed by atoms with Crippen molar-refractivity contribution in [3.8, 4) is 0 Å². The molecule has 110 valence electrons. The molecule has 1 saturated heterocycles. The lowest BCUT2D eigenvalue weighted by Gasteiger charge is -2.40. The Morgan fingerprint density at radius 2 is 2.10 bits per heavy atom. The number of hydrogen-bond acceptors (Lipinski definition) is 5. The quantitative estimate of drug-likeness (QED) is 0.486. The Kier molecular flexibility index (Phi) is 4.19. The highest BCUT2D eigenvalue weighted by Crippen LogP contribution is 2.34. The van der Waals surface area contributed by atoms with Crippen molar-refractivity contribution < 1.29 is 18.9 Å². The van der Waals surface area contributed by atoms with Gasteiger partial charge in [-0.15, -0.1) is 0 Å². The summed E-state index contributed by atoms with van der Waals surface area (Å²) in [7, 11) is 1.52. The molecule has 4 atom stereocenters. The second-order valence-electron chi connectivity index (χ2n) is 4.69. The first-order chi connectivity index (χ1) is 10.3. The predicted octanol–water partition coefficient (Wildman–Crippen LogP) is 2.67. The molecule has 7 nitrogen and oxygen atoms in total. The molecule has 3 rings (SSSR count). The van der Waals surface area contributed by atoms with Crippen LogP contribution in [-0.4, -0.2) is 32.2 Å². The lowest BCUT2D eigenvalue weighted by molar-refractivity contribution is -0.284. The van der Waals surface area contributed by atoms with Crippen molar-refractivity contribution in [3.05, 3.63) is 58.1 Å². The molecule has 1 aromatic rings. The smallest absolute Gasteiger partial charge is 0.184 e. The zero-order valence-electron chi connectivity index (χ0n) is 11.5. The van der Waals surface area contributed by atoms with E-state index in [2.05, 4.69) is 10.0 Å². The molecule has 7 heteroatoms. The summed E-state index contributed by atoms with van der Waals surface area (Å²) >= 11 is 0. The Bertz CT molecular complexity index is 571. The molecule has 1 fully saturated rings. The third kappa shape index (κ3) is 2.92. The summed E-state index contributed by atoms with van der Waals surface area (Å²) in [5, 5.41) is 3.70. The molecule has 0 aromatic heterocycles. The first-order valence-corrected chi connectivity index (χ1v) is 6.59. The minimum absolute atomic E-state index is 0.336. The van der Waals surface area contributed by atoms with Crippen molar-refractivity contribution in [2.24, 2.45) is 5.11 Å². The van der Waals surface area contributed by atoms with E-state index in [0.717, 1.165) is 5.56 Å². The van der Waals surface area contributed by atoms with Gasteiger partial charge in [-0.1, -0.05) is 35.4 Å². The Balaban J connectivity index is 1.83. The molecule has 21 heavy (non-hydrogen) atoms. The van der Waals surface area contributed by atoms with E-state index in [-0.39, 0.29) is 6.10 Å². The molecule has 2 aliphatic rings. The number of nitrogens with zero attached hydrogens (tertiary/aromatic N) is 3. The van der Waals surface area contributed by atoms with E-state index in [9.17, 15) is 0 Å². The average Bonchev–Trinajstić information content (AvgIpc) is 2.55. The summed E-state index contributed by atoms with van der Waals surface area (Å²) in [6.45, 7) is 0.336. The molecule has 2 heterocycles. The molecule has 0 radical (unpaired) electrons. The summed E-state index contributed by atoms with van der Waals surface area (Å²) in [6.07, 6.45) is -0.278. The minimum atomic E-state index is -0.563. The predicted molar refractivity (Wildman–Crippen MR) is 72.9 cm³/mol. The Morgan fingerprint density at radius 1 is 1.29 bits per heavy atom. The van der Waals surface area contributed by atoms with Crippen LogP contribution < -0.4 is 0 Å². The topological polar surface area (TPSA) is 85.7 Å². The Hall–Kier alpha value is -1.89. The first kappa shape index (κ1) is 14.1. The molecule has 1 aromatic carbocycles. The number of ether oxygens (including phenoxy) is 4. The molecule has 0 aliphatic carbocycles. The maximum Gasteiger partial charge on any atom is 0.184 e. The van der Waals surface area contributed by atoms with Crippen molar-refractivity contribution >= 4 is 0 Å². The zero-order valence-corrected chi connectivity index (χ0v) is 11.5. The molecule has 0 N–H and O–H groups in total. The van der Waals surface area contributed by atoms with E-state index < -0.39 is 18.7 Å². The van der Waals surface area contributed by atoms with Gasteiger partial charge in [0.1, 0.15) is 12.2 Å². The second kappa shape index (κ2) is 6.26. The lowest BCUT2D eigenvalue weighted by atomic mass is 10.1. The van der Waals surface area contributed by atoms with E-state index in [0.29, 0.717) is 12.3 Å². The highest BCUT2D eigenvalue weighted by Gasteiger charge is 2.39. The fraction of sp³-hybridized carbons (Fsp3) is 0.429. The molecule has 2 aliphatic heterocycles. The van der Waals surface area contributed by atoms with Crippen LogP contribution in [-0.2, 0) is 18.9 Å². The van der Waals surface area contributed by atoms with Gasteiger partial charge in [0.25, 0.3) is 0 Å². The van der Waals surface area contributed by atoms with E-state index >= 15 is 0 Å². The second-order valence-corrected chi connectivity index (χ2v) is 4.69. The molecular weight excluding hydrogens is 274 g/mol. The van der Waals surface area contributed by atoms with Gasteiger partial charge in [-0.25, -0.2) is 0 Å². The third-order valence-electron chi connectivity index (χ3n) is 3.39. The summed E-state index contributed by atoms with van der Waals surface area (Å²) < 4.78 is 22.4. The summed E-state index contributed by atoms with van der Waals surface area (Å²) in [4.78, 5) is 2.84. The van der Waals surface area contributed by atoms with Gasteiger partial charge in [-0.3, -0.25) is 0 Å². The lowest BCUT2D eigenvalue weighted by Crippen LogP contribution is -2.47. The van der Waals surface area contributed by atoms with E-state index in [4.69, 9.17) is 24.5 Å². The van der Waals surface area contributed by atoms with Gasteiger partial charge in [0.05, 0.1) is 6.61 Å². The summed E-state index contributed by atoms with van der Waals surface area (Å²) in [5.74, 6) is 0. The Morgan fingerprint density at radius 3 is 2.81 bits per heavy atom. The first-order valence-electron chi connectivity index (χ1n) is 6.59. The molecule has 0 saturated carbocycles. The number of rotatable bonds is 3. The summed E-state index contributed by atoms with van der Waals surface area (Å²) in [5.41, 5.74) is 10.1. The van der Waals surface area contributed by atoms with Gasteiger partial charge in [0, 0.05) is 23.3 Å². The van der Waals surface area contributed by atoms with Gasteiger partial charge in [-0.2, -0.15) is 0 Å². The van der Waals surface area contributed by atoms with Crippen molar-refractivity contribution in [3.63, 3.8) is 0 Å². The van der Waals surface area contributed by atoms with Gasteiger partial charge in [-0.05, 0) is 11.6 Å². The van der Waals surface area contributed by atoms with Crippen LogP contribution in [0.3, 0.4) is 0 Å². The van der Waals surface area contributed by atoms with Crippen molar-refractivity contribution in [1.82, 2.24) is 0 Å². The van der Waals surface area contributed by atoms with Crippen LogP contribution in [0.4, 0.5) is 0 Å². The van der Waals surface area contributed by atoms with Crippen LogP contribution in [0.5, 0.6) is 0 Å². The minimum Gasteiger partial charge on any atom is -0.352 e. The maximum atomic E-state index is 8.70. The Labute approximate surface area is 121 Å². The fourth-order valence-electron chi connectivity index (χ4n) is 2.40. The van der Waals surface area contributed by atoms with Gasteiger partial charge in [0.15, 0.2) is 12.6 Å². The van der Waals surface area contributed by atoms with Crippen molar-refractivity contribution in [2.75, 3.05) is 13.7 Å². The van der Waals surface area contributed by atoms with Crippen LogP contribution in [0.1, 0.15) is 11.9 Å². The number of benzene rings is 1. The standard InChI is InChI=1S/C14H15N3O4/c1-18-12-7-10(16-17-15)13-11(20-12)8-19-14(21-13)9-5-3-2-4-6-9/h2-7,11-14H,8H2,1H3/t11-,12+,13+,14-/m1/s1. The van der Waals surface area contributed by atoms with E-state index in [1.807, 2.05) is 30.3 Å². The molecule has 0 spiro atoms. The highest BCUT2D eigenvalue weighted by molar-refractivity contribution is 5.19. The normalized spacial score (nSPS) is 31.8. The van der Waals surface area contributed by atoms with Crippen LogP contribution in [0, 0.1) is 0 Å². The van der Waals surface area contributed by atoms with E-state index in [1.165, 1.54) is 7.11 Å². The van der Waals surface area contributed by atoms with Crippen LogP contribution in [0.15, 0.2) is 47.2 Å². The number of azide groups is 1. The zero-order chi connectivity index (χ0) is 14.7. The van der Waals surface area contributed by atoms with Crippen molar-refractivity contribution in [2.45, 2.75) is 24.8 Å². The van der Waals surface area contributed by atoms with Gasteiger partial charge < -0.3 is 18.9 Å².